The van der Waals surface area contributed by atoms with Gasteiger partial charge in [-0.05, 0) is 42.7 Å². The first-order chi connectivity index (χ1) is 13.7. The fourth-order valence-corrected chi connectivity index (χ4v) is 4.60. The van der Waals surface area contributed by atoms with Crippen LogP contribution < -0.4 is 0 Å². The van der Waals surface area contributed by atoms with Crippen molar-refractivity contribution in [2.24, 2.45) is 0 Å². The van der Waals surface area contributed by atoms with Crippen molar-refractivity contribution in [2.75, 3.05) is 6.54 Å². The summed E-state index contributed by atoms with van der Waals surface area (Å²) in [5.74, 6) is 1.31. The number of benzene rings is 1. The summed E-state index contributed by atoms with van der Waals surface area (Å²) in [6.07, 6.45) is 6.01. The van der Waals surface area contributed by atoms with E-state index < -0.39 is 0 Å². The van der Waals surface area contributed by atoms with Gasteiger partial charge in [0.05, 0.1) is 5.70 Å². The molecule has 0 amide bonds. The van der Waals surface area contributed by atoms with Crippen LogP contribution in [0.15, 0.2) is 47.4 Å². The highest BCUT2D eigenvalue weighted by Gasteiger charge is 2.28. The molecule has 0 saturated heterocycles. The zero-order valence-electron chi connectivity index (χ0n) is 15.8. The molecule has 29 heavy (non-hydrogen) atoms. The topological polar surface area (TPSA) is 57.7 Å². The summed E-state index contributed by atoms with van der Waals surface area (Å²) in [5, 5.41) is 21.5. The maximum atomic E-state index is 13.3. The van der Waals surface area contributed by atoms with Gasteiger partial charge in [-0.3, -0.25) is 0 Å². The van der Waals surface area contributed by atoms with E-state index in [9.17, 15) is 9.65 Å². The third kappa shape index (κ3) is 4.16. The van der Waals surface area contributed by atoms with Crippen molar-refractivity contribution in [3.8, 4) is 6.07 Å². The predicted octanol–water partition coefficient (Wildman–Crippen LogP) is 5.15. The lowest BCUT2D eigenvalue weighted by molar-refractivity contribution is 0.585. The Kier molecular flexibility index (Phi) is 6.93. The second-order valence-corrected chi connectivity index (χ2v) is 7.58. The molecule has 5 nitrogen and oxygen atoms in total. The van der Waals surface area contributed by atoms with E-state index in [2.05, 4.69) is 27.4 Å². The van der Waals surface area contributed by atoms with Gasteiger partial charge in [0.25, 0.3) is 0 Å². The number of fused-ring (bicyclic) bond motifs is 1. The molecule has 0 fully saturated rings. The van der Waals surface area contributed by atoms with Crippen LogP contribution in [-0.2, 0) is 13.0 Å². The first-order valence-corrected chi connectivity index (χ1v) is 10.2. The Balaban J connectivity index is 0.00000240. The molecule has 1 aromatic carbocycles. The maximum absolute atomic E-state index is 13.3. The van der Waals surface area contributed by atoms with E-state index in [-0.39, 0.29) is 22.8 Å². The van der Waals surface area contributed by atoms with Gasteiger partial charge in [0.1, 0.15) is 28.3 Å². The smallest absolute Gasteiger partial charge is 0.177 e. The molecule has 0 saturated carbocycles. The third-order valence-corrected chi connectivity index (χ3v) is 5.92. The first kappa shape index (κ1) is 21.3. The second kappa shape index (κ2) is 9.42. The Hall–Kier alpha value is -2.37. The fraction of sp³-hybridized carbons (Fsp3) is 0.286. The Bertz CT molecular complexity index is 1000. The lowest BCUT2D eigenvalue weighted by Gasteiger charge is -2.23. The SMILES string of the molecule is Br.C=CCN1C(c2ccc(F)cc2)=CS/C1=C(/C#N)c1nnc2n1CCCCC2. The van der Waals surface area contributed by atoms with Crippen LogP contribution in [0.25, 0.3) is 11.3 Å². The molecule has 0 bridgehead atoms. The van der Waals surface area contributed by atoms with Gasteiger partial charge in [-0.15, -0.1) is 33.8 Å². The molecule has 2 aromatic rings. The molecule has 2 aliphatic heterocycles. The van der Waals surface area contributed by atoms with Crippen LogP contribution in [0.4, 0.5) is 4.39 Å². The van der Waals surface area contributed by atoms with Gasteiger partial charge in [-0.1, -0.05) is 24.3 Å². The summed E-state index contributed by atoms with van der Waals surface area (Å²) >= 11 is 1.48. The number of hydrogen-bond acceptors (Lipinski definition) is 5. The molecule has 0 atom stereocenters. The highest BCUT2D eigenvalue weighted by molar-refractivity contribution is 8.93. The Labute approximate surface area is 184 Å². The van der Waals surface area contributed by atoms with Crippen LogP contribution >= 0.6 is 28.7 Å². The van der Waals surface area contributed by atoms with Crippen molar-refractivity contribution >= 4 is 40.0 Å². The van der Waals surface area contributed by atoms with Crippen molar-refractivity contribution in [3.63, 3.8) is 0 Å². The monoisotopic (exact) mass is 473 g/mol. The number of aryl methyl sites for hydroxylation is 1. The van der Waals surface area contributed by atoms with E-state index in [4.69, 9.17) is 0 Å². The van der Waals surface area contributed by atoms with Crippen LogP contribution in [0.2, 0.25) is 0 Å². The molecule has 1 aromatic heterocycles. The molecule has 0 aliphatic carbocycles. The molecular formula is C21H21BrFN5S. The number of nitrogens with zero attached hydrogens (tertiary/aromatic N) is 5. The molecular weight excluding hydrogens is 453 g/mol. The number of nitriles is 1. The number of aromatic nitrogens is 3. The molecule has 0 unspecified atom stereocenters. The number of hydrogen-bond donors (Lipinski definition) is 0. The lowest BCUT2D eigenvalue weighted by atomic mass is 10.1. The Morgan fingerprint density at radius 1 is 1.24 bits per heavy atom. The van der Waals surface area contributed by atoms with Crippen molar-refractivity contribution in [3.05, 3.63) is 70.4 Å². The fourth-order valence-electron chi connectivity index (χ4n) is 3.56. The summed E-state index contributed by atoms with van der Waals surface area (Å²) in [6, 6.07) is 8.73. The summed E-state index contributed by atoms with van der Waals surface area (Å²) in [4.78, 5) is 2.03. The number of allylic oxidation sites excluding steroid dienone is 1. The van der Waals surface area contributed by atoms with Crippen molar-refractivity contribution < 1.29 is 4.39 Å². The molecule has 0 spiro atoms. The Morgan fingerprint density at radius 3 is 2.76 bits per heavy atom. The van der Waals surface area contributed by atoms with Crippen molar-refractivity contribution in [1.29, 1.82) is 5.26 Å². The molecule has 3 heterocycles. The molecule has 8 heteroatoms. The molecule has 0 radical (unpaired) electrons. The normalized spacial score (nSPS) is 17.5. The average molecular weight is 474 g/mol. The zero-order chi connectivity index (χ0) is 19.5. The maximum Gasteiger partial charge on any atom is 0.177 e. The van der Waals surface area contributed by atoms with Gasteiger partial charge < -0.3 is 9.47 Å². The molecule has 150 valence electrons. The van der Waals surface area contributed by atoms with Gasteiger partial charge in [-0.25, -0.2) is 4.39 Å². The molecule has 2 aliphatic rings. The quantitative estimate of drug-likeness (QED) is 0.453. The Morgan fingerprint density at radius 2 is 2.03 bits per heavy atom. The van der Waals surface area contributed by atoms with Gasteiger partial charge in [0.2, 0.25) is 0 Å². The van der Waals surface area contributed by atoms with E-state index in [1.807, 2.05) is 10.3 Å². The van der Waals surface area contributed by atoms with Crippen molar-refractivity contribution in [1.82, 2.24) is 19.7 Å². The van der Waals surface area contributed by atoms with Crippen LogP contribution in [0, 0.1) is 17.1 Å². The largest absolute Gasteiger partial charge is 0.330 e. The van der Waals surface area contributed by atoms with Crippen molar-refractivity contribution in [2.45, 2.75) is 32.2 Å². The lowest BCUT2D eigenvalue weighted by Crippen LogP contribution is -2.18. The zero-order valence-corrected chi connectivity index (χ0v) is 18.4. The van der Waals surface area contributed by atoms with Crippen LogP contribution in [0.3, 0.4) is 0 Å². The van der Waals surface area contributed by atoms with E-state index in [0.29, 0.717) is 17.9 Å². The standard InChI is InChI=1S/C21H20FN5S.BrH/c1-2-11-26-18(15-7-9-16(22)10-8-15)14-28-21(26)17(13-23)20-25-24-19-6-4-3-5-12-27(19)20;/h2,7-10,14H,1,3-6,11-12H2;1H/b21-17-;. The summed E-state index contributed by atoms with van der Waals surface area (Å²) in [7, 11) is 0. The summed E-state index contributed by atoms with van der Waals surface area (Å²) in [6.45, 7) is 5.23. The van der Waals surface area contributed by atoms with E-state index in [1.54, 1.807) is 18.2 Å². The molecule has 4 rings (SSSR count). The van der Waals surface area contributed by atoms with E-state index >= 15 is 0 Å². The van der Waals surface area contributed by atoms with Crippen LogP contribution in [0.5, 0.6) is 0 Å². The minimum atomic E-state index is -0.273. The highest BCUT2D eigenvalue weighted by atomic mass is 79.9. The minimum absolute atomic E-state index is 0. The second-order valence-electron chi connectivity index (χ2n) is 6.72. The van der Waals surface area contributed by atoms with Crippen LogP contribution in [-0.4, -0.2) is 26.2 Å². The predicted molar refractivity (Wildman–Crippen MR) is 119 cm³/mol. The van der Waals surface area contributed by atoms with Gasteiger partial charge in [0, 0.05) is 24.9 Å². The van der Waals surface area contributed by atoms with E-state index in [0.717, 1.165) is 54.3 Å². The molecule has 0 N–H and O–H groups in total. The third-order valence-electron chi connectivity index (χ3n) is 4.93. The van der Waals surface area contributed by atoms with E-state index in [1.165, 1.54) is 23.9 Å². The van der Waals surface area contributed by atoms with Gasteiger partial charge >= 0.3 is 0 Å². The van der Waals surface area contributed by atoms with Gasteiger partial charge in [0.15, 0.2) is 5.82 Å². The highest BCUT2D eigenvalue weighted by Crippen LogP contribution is 2.43. The number of halogens is 2. The average Bonchev–Trinajstić information content (AvgIpc) is 3.21. The summed E-state index contributed by atoms with van der Waals surface area (Å²) < 4.78 is 15.4. The minimum Gasteiger partial charge on any atom is -0.330 e. The summed E-state index contributed by atoms with van der Waals surface area (Å²) in [5.41, 5.74) is 2.33. The first-order valence-electron chi connectivity index (χ1n) is 9.31. The number of thioether (sulfide) groups is 1. The number of rotatable bonds is 4. The van der Waals surface area contributed by atoms with Gasteiger partial charge in [-0.2, -0.15) is 5.26 Å². The van der Waals surface area contributed by atoms with Crippen LogP contribution in [0.1, 0.15) is 36.5 Å².